The maximum absolute atomic E-state index is 14.1. The number of aryl methyl sites for hydroxylation is 1. The highest BCUT2D eigenvalue weighted by atomic mass is 32.2. The second-order valence-corrected chi connectivity index (χ2v) is 11.8. The van der Waals surface area contributed by atoms with Crippen LogP contribution in [0.15, 0.2) is 51.8 Å². The number of hydrogen-bond acceptors (Lipinski definition) is 10. The van der Waals surface area contributed by atoms with Gasteiger partial charge in [-0.25, -0.2) is 31.7 Å². The van der Waals surface area contributed by atoms with Crippen LogP contribution in [0, 0.1) is 18.6 Å². The van der Waals surface area contributed by atoms with Crippen LogP contribution in [0.4, 0.5) is 8.78 Å². The number of sulfone groups is 1. The number of halogens is 2. The standard InChI is InChI=1S/C13H15F2N3O3S.C10H13N5O4/c1-9(22(2,20)21)13(19,6-18-8-16-7-17-18)11-4-3-10(14)5-12(11)15;1-5-3-15(10(18)12-9(5)17)8-2-6(13-14-11)7(4-16)19-8/h3-5,7-9,19H,6H2,1-2H3;3,6-8,16H,2,4H2,1H3,(H,12,17,18)/t9-,13-;6-,7+,8+/m10/s1. The minimum absolute atomic E-state index is 0.265. The summed E-state index contributed by atoms with van der Waals surface area (Å²) in [7, 11) is -3.71. The van der Waals surface area contributed by atoms with E-state index in [0.717, 1.165) is 18.4 Å². The molecule has 0 aliphatic carbocycles. The van der Waals surface area contributed by atoms with Gasteiger partial charge in [0.2, 0.25) is 0 Å². The third-order valence-electron chi connectivity index (χ3n) is 6.62. The molecule has 1 aromatic carbocycles. The number of hydrogen-bond donors (Lipinski definition) is 3. The Labute approximate surface area is 231 Å². The fraction of sp³-hybridized carbons (Fsp3) is 0.478. The van der Waals surface area contributed by atoms with Crippen LogP contribution in [0.2, 0.25) is 0 Å². The number of azide groups is 1. The van der Waals surface area contributed by atoms with Gasteiger partial charge in [-0.2, -0.15) is 5.10 Å². The van der Waals surface area contributed by atoms with Crippen molar-refractivity contribution in [3.8, 4) is 0 Å². The molecule has 0 spiro atoms. The van der Waals surface area contributed by atoms with Gasteiger partial charge in [-0.05, 0) is 25.4 Å². The first-order valence-corrected chi connectivity index (χ1v) is 14.0. The van der Waals surface area contributed by atoms with Crippen LogP contribution in [0.5, 0.6) is 0 Å². The summed E-state index contributed by atoms with van der Waals surface area (Å²) >= 11 is 0. The molecule has 0 unspecified atom stereocenters. The van der Waals surface area contributed by atoms with E-state index in [4.69, 9.17) is 15.4 Å². The van der Waals surface area contributed by atoms with E-state index < -0.39 is 61.9 Å². The Hall–Kier alpha value is -3.96. The number of nitrogens with zero attached hydrogens (tertiary/aromatic N) is 7. The zero-order chi connectivity index (χ0) is 30.5. The molecule has 0 amide bonds. The van der Waals surface area contributed by atoms with Gasteiger partial charge in [0.25, 0.3) is 5.56 Å². The topological polar surface area (TPSA) is 218 Å². The van der Waals surface area contributed by atoms with Crippen LogP contribution in [-0.2, 0) is 26.7 Å². The number of rotatable bonds is 8. The Morgan fingerprint density at radius 2 is 2.07 bits per heavy atom. The maximum Gasteiger partial charge on any atom is 0.330 e. The molecular formula is C23H28F2N8O7S. The van der Waals surface area contributed by atoms with Gasteiger partial charge in [0.15, 0.2) is 9.84 Å². The molecule has 1 saturated heterocycles. The van der Waals surface area contributed by atoms with Gasteiger partial charge in [-0.1, -0.05) is 11.2 Å². The van der Waals surface area contributed by atoms with Gasteiger partial charge in [-0.15, -0.1) is 0 Å². The summed E-state index contributed by atoms with van der Waals surface area (Å²) in [6, 6.07) is 2.04. The van der Waals surface area contributed by atoms with Crippen LogP contribution in [-0.4, -0.2) is 73.2 Å². The molecule has 0 bridgehead atoms. The van der Waals surface area contributed by atoms with Crippen LogP contribution < -0.4 is 11.2 Å². The number of aliphatic hydroxyl groups excluding tert-OH is 1. The molecule has 1 aliphatic heterocycles. The number of benzene rings is 1. The van der Waals surface area contributed by atoms with E-state index in [1.807, 2.05) is 0 Å². The lowest BCUT2D eigenvalue weighted by Gasteiger charge is -2.33. The lowest BCUT2D eigenvalue weighted by atomic mass is 9.90. The number of aromatic amines is 1. The number of ether oxygens (including phenoxy) is 1. The summed E-state index contributed by atoms with van der Waals surface area (Å²) in [5, 5.41) is 26.0. The molecule has 2 aromatic heterocycles. The van der Waals surface area contributed by atoms with E-state index in [1.165, 1.54) is 35.0 Å². The zero-order valence-electron chi connectivity index (χ0n) is 22.1. The summed E-state index contributed by atoms with van der Waals surface area (Å²) in [6.45, 7) is 2.17. The van der Waals surface area contributed by atoms with Gasteiger partial charge < -0.3 is 14.9 Å². The van der Waals surface area contributed by atoms with Crippen molar-refractivity contribution in [2.45, 2.75) is 56.0 Å². The Bertz CT molecular complexity index is 1640. The molecule has 3 aromatic rings. The second kappa shape index (κ2) is 12.7. The molecule has 4 rings (SSSR count). The molecule has 18 heteroatoms. The van der Waals surface area contributed by atoms with E-state index in [2.05, 4.69) is 25.1 Å². The fourth-order valence-electron chi connectivity index (χ4n) is 4.23. The quantitative estimate of drug-likeness (QED) is 0.188. The van der Waals surface area contributed by atoms with Gasteiger partial charge >= 0.3 is 5.69 Å². The first kappa shape index (κ1) is 31.6. The van der Waals surface area contributed by atoms with Crippen molar-refractivity contribution >= 4 is 9.84 Å². The van der Waals surface area contributed by atoms with E-state index in [-0.39, 0.29) is 25.1 Å². The van der Waals surface area contributed by atoms with Gasteiger partial charge in [-0.3, -0.25) is 14.3 Å². The zero-order valence-corrected chi connectivity index (χ0v) is 22.9. The molecule has 222 valence electrons. The van der Waals surface area contributed by atoms with E-state index in [9.17, 15) is 31.9 Å². The lowest BCUT2D eigenvalue weighted by molar-refractivity contribution is -0.0271. The summed E-state index contributed by atoms with van der Waals surface area (Å²) < 4.78 is 58.8. The van der Waals surface area contributed by atoms with Crippen molar-refractivity contribution in [1.29, 1.82) is 0 Å². The third-order valence-corrected chi connectivity index (χ3v) is 8.30. The van der Waals surface area contributed by atoms with E-state index >= 15 is 0 Å². The van der Waals surface area contributed by atoms with E-state index in [0.29, 0.717) is 11.6 Å². The van der Waals surface area contributed by atoms with Crippen molar-refractivity contribution in [1.82, 2.24) is 24.3 Å². The highest BCUT2D eigenvalue weighted by Gasteiger charge is 2.44. The van der Waals surface area contributed by atoms with Crippen molar-refractivity contribution in [3.63, 3.8) is 0 Å². The molecule has 3 N–H and O–H groups in total. The fourth-order valence-corrected chi connectivity index (χ4v) is 5.14. The molecule has 5 atom stereocenters. The number of aromatic nitrogens is 5. The van der Waals surface area contributed by atoms with Gasteiger partial charge in [0.1, 0.15) is 36.1 Å². The molecule has 41 heavy (non-hydrogen) atoms. The number of H-pyrrole nitrogens is 1. The summed E-state index contributed by atoms with van der Waals surface area (Å²) in [6.07, 6.45) is 3.73. The largest absolute Gasteiger partial charge is 0.394 e. The van der Waals surface area contributed by atoms with Crippen molar-refractivity contribution in [3.05, 3.63) is 91.1 Å². The maximum atomic E-state index is 14.1. The third kappa shape index (κ3) is 7.22. The SMILES string of the molecule is C[C@H]([C@](O)(Cn1cncn1)c1ccc(F)cc1F)S(C)(=O)=O.Cc1cn([C@H]2C[C@H](N=[N+]=[N-])[C@@H](CO)O2)c(=O)[nH]c1=O. The first-order chi connectivity index (χ1) is 19.2. The minimum atomic E-state index is -3.71. The average molecular weight is 599 g/mol. The van der Waals surface area contributed by atoms with Crippen molar-refractivity contribution in [2.24, 2.45) is 5.11 Å². The highest BCUT2D eigenvalue weighted by Crippen LogP contribution is 2.33. The van der Waals surface area contributed by atoms with Crippen LogP contribution in [0.1, 0.15) is 30.7 Å². The van der Waals surface area contributed by atoms with Gasteiger partial charge in [0, 0.05) is 41.0 Å². The number of nitrogens with one attached hydrogen (secondary N) is 1. The number of aliphatic hydroxyl groups is 2. The predicted octanol–water partition coefficient (Wildman–Crippen LogP) is 0.681. The molecule has 3 heterocycles. The molecular weight excluding hydrogens is 570 g/mol. The summed E-state index contributed by atoms with van der Waals surface area (Å²) in [5.74, 6) is -1.85. The molecule has 15 nitrogen and oxygen atoms in total. The van der Waals surface area contributed by atoms with Gasteiger partial charge in [0.05, 0.1) is 30.5 Å². The molecule has 0 radical (unpaired) electrons. The first-order valence-electron chi connectivity index (χ1n) is 12.0. The molecule has 1 aliphatic rings. The Morgan fingerprint density at radius 3 is 2.63 bits per heavy atom. The average Bonchev–Trinajstić information content (AvgIpc) is 3.55. The smallest absolute Gasteiger partial charge is 0.330 e. The molecule has 1 fully saturated rings. The summed E-state index contributed by atoms with van der Waals surface area (Å²) in [5.41, 5.74) is 5.31. The van der Waals surface area contributed by atoms with Crippen LogP contribution in [0.3, 0.4) is 0 Å². The molecule has 0 saturated carbocycles. The van der Waals surface area contributed by atoms with Crippen molar-refractivity contribution < 1.29 is 32.1 Å². The minimum Gasteiger partial charge on any atom is -0.394 e. The monoisotopic (exact) mass is 598 g/mol. The van der Waals surface area contributed by atoms with Crippen LogP contribution >= 0.6 is 0 Å². The second-order valence-electron chi connectivity index (χ2n) is 9.41. The van der Waals surface area contributed by atoms with Crippen LogP contribution in [0.25, 0.3) is 10.4 Å². The normalized spacial score (nSPS) is 20.8. The Kier molecular flexibility index (Phi) is 9.77. The Morgan fingerprint density at radius 1 is 1.37 bits per heavy atom. The summed E-state index contributed by atoms with van der Waals surface area (Å²) in [4.78, 5) is 31.5. The highest BCUT2D eigenvalue weighted by molar-refractivity contribution is 7.91. The predicted molar refractivity (Wildman–Crippen MR) is 139 cm³/mol. The Balaban J connectivity index is 0.000000228. The van der Waals surface area contributed by atoms with E-state index in [1.54, 1.807) is 6.92 Å². The lowest BCUT2D eigenvalue weighted by Crippen LogP contribution is -2.46. The van der Waals surface area contributed by atoms with Crippen molar-refractivity contribution in [2.75, 3.05) is 12.9 Å².